The monoisotopic (exact) mass is 460 g/mol. The lowest BCUT2D eigenvalue weighted by molar-refractivity contribution is -0.384. The van der Waals surface area contributed by atoms with Gasteiger partial charge in [0.2, 0.25) is 0 Å². The van der Waals surface area contributed by atoms with Crippen molar-refractivity contribution in [3.8, 4) is 5.75 Å². The Morgan fingerprint density at radius 2 is 1.97 bits per heavy atom. The number of nitrogens with zero attached hydrogens (tertiary/aromatic N) is 3. The highest BCUT2D eigenvalue weighted by molar-refractivity contribution is 6.09. The molecule has 0 aliphatic carbocycles. The smallest absolute Gasteiger partial charge is 0.407 e. The summed E-state index contributed by atoms with van der Waals surface area (Å²) < 4.78 is 12.7. The van der Waals surface area contributed by atoms with Gasteiger partial charge in [-0.2, -0.15) is 0 Å². The number of benzene rings is 2. The van der Waals surface area contributed by atoms with E-state index in [0.717, 1.165) is 38.8 Å². The summed E-state index contributed by atoms with van der Waals surface area (Å²) in [5.41, 5.74) is 3.74. The van der Waals surface area contributed by atoms with Crippen molar-refractivity contribution in [3.63, 3.8) is 0 Å². The summed E-state index contributed by atoms with van der Waals surface area (Å²) in [4.78, 5) is 26.8. The molecule has 0 aliphatic rings. The third-order valence-corrected chi connectivity index (χ3v) is 5.49. The van der Waals surface area contributed by atoms with E-state index in [0.29, 0.717) is 13.1 Å². The molecule has 4 aromatic rings. The van der Waals surface area contributed by atoms with Gasteiger partial charge in [-0.25, -0.2) is 4.79 Å². The maximum Gasteiger partial charge on any atom is 0.407 e. The zero-order valence-corrected chi connectivity index (χ0v) is 18.9. The van der Waals surface area contributed by atoms with Crippen molar-refractivity contribution < 1.29 is 19.2 Å². The molecular formula is C25H24N4O5. The fraction of sp³-hybridized carbons (Fsp3) is 0.200. The van der Waals surface area contributed by atoms with Crippen LogP contribution in [0.4, 0.5) is 10.5 Å². The lowest BCUT2D eigenvalue weighted by atomic mass is 10.1. The van der Waals surface area contributed by atoms with Crippen LogP contribution >= 0.6 is 0 Å². The van der Waals surface area contributed by atoms with Crippen LogP contribution in [0.5, 0.6) is 5.75 Å². The van der Waals surface area contributed by atoms with Gasteiger partial charge in [-0.1, -0.05) is 6.08 Å². The number of carbonyl (C=O) groups is 1. The van der Waals surface area contributed by atoms with E-state index in [-0.39, 0.29) is 12.3 Å². The number of hydrogen-bond donors (Lipinski definition) is 1. The van der Waals surface area contributed by atoms with Gasteiger partial charge in [0, 0.05) is 48.3 Å². The van der Waals surface area contributed by atoms with Crippen LogP contribution in [-0.2, 0) is 11.3 Å². The minimum Gasteiger partial charge on any atom is -0.497 e. The summed E-state index contributed by atoms with van der Waals surface area (Å²) in [6.45, 7) is 2.95. The van der Waals surface area contributed by atoms with E-state index < -0.39 is 11.0 Å². The standard InChI is InChI=1S/C25H24N4O5/c1-17-24-22(11-12-26-17)21-10-9-20(33-2)16-23(21)28(24)14-13-27-25(30)34-15-3-4-18-5-7-19(8-6-18)29(31)32/h3-12,16H,13-15H2,1-2H3,(H,27,30)/b4-3+. The molecule has 34 heavy (non-hydrogen) atoms. The van der Waals surface area contributed by atoms with Gasteiger partial charge >= 0.3 is 6.09 Å². The Morgan fingerprint density at radius 3 is 2.71 bits per heavy atom. The highest BCUT2D eigenvalue weighted by Crippen LogP contribution is 2.32. The molecule has 0 saturated heterocycles. The number of methoxy groups -OCH3 is 1. The summed E-state index contributed by atoms with van der Waals surface area (Å²) in [6.07, 6.45) is 4.68. The number of fused-ring (bicyclic) bond motifs is 3. The summed E-state index contributed by atoms with van der Waals surface area (Å²) in [6, 6.07) is 14.1. The molecule has 1 amide bonds. The van der Waals surface area contributed by atoms with Crippen LogP contribution in [0.15, 0.2) is 60.8 Å². The fourth-order valence-corrected chi connectivity index (χ4v) is 3.89. The number of nitrogens with one attached hydrogen (secondary N) is 1. The highest BCUT2D eigenvalue weighted by atomic mass is 16.6. The number of nitro groups is 1. The number of non-ortho nitro benzene ring substituents is 1. The second kappa shape index (κ2) is 10.0. The van der Waals surface area contributed by atoms with Gasteiger partial charge in [-0.3, -0.25) is 15.1 Å². The number of aryl methyl sites for hydroxylation is 1. The predicted molar refractivity (Wildman–Crippen MR) is 130 cm³/mol. The largest absolute Gasteiger partial charge is 0.497 e. The van der Waals surface area contributed by atoms with Gasteiger partial charge in [0.1, 0.15) is 12.4 Å². The van der Waals surface area contributed by atoms with E-state index in [1.54, 1.807) is 37.6 Å². The molecule has 2 aromatic carbocycles. The van der Waals surface area contributed by atoms with Crippen molar-refractivity contribution in [3.05, 3.63) is 82.2 Å². The van der Waals surface area contributed by atoms with E-state index in [4.69, 9.17) is 9.47 Å². The number of hydrogen-bond acceptors (Lipinski definition) is 6. The molecule has 0 radical (unpaired) electrons. The molecule has 174 valence electrons. The Kier molecular flexibility index (Phi) is 6.72. The van der Waals surface area contributed by atoms with Crippen molar-refractivity contribution in [2.45, 2.75) is 13.5 Å². The molecule has 1 N–H and O–H groups in total. The molecule has 9 nitrogen and oxygen atoms in total. The fourth-order valence-electron chi connectivity index (χ4n) is 3.89. The Labute approximate surface area is 195 Å². The quantitative estimate of drug-likeness (QED) is 0.297. The summed E-state index contributed by atoms with van der Waals surface area (Å²) >= 11 is 0. The lowest BCUT2D eigenvalue weighted by Gasteiger charge is -2.10. The predicted octanol–water partition coefficient (Wildman–Crippen LogP) is 4.85. The molecule has 0 bridgehead atoms. The summed E-state index contributed by atoms with van der Waals surface area (Å²) in [7, 11) is 1.63. The molecule has 0 spiro atoms. The molecule has 0 fully saturated rings. The first kappa shape index (κ1) is 22.8. The summed E-state index contributed by atoms with van der Waals surface area (Å²) in [5.74, 6) is 0.759. The van der Waals surface area contributed by atoms with Gasteiger partial charge < -0.3 is 19.4 Å². The van der Waals surface area contributed by atoms with E-state index in [9.17, 15) is 14.9 Å². The second-order valence-electron chi connectivity index (χ2n) is 7.60. The van der Waals surface area contributed by atoms with Gasteiger partial charge in [-0.15, -0.1) is 0 Å². The van der Waals surface area contributed by atoms with Crippen LogP contribution < -0.4 is 10.1 Å². The normalized spacial score (nSPS) is 11.2. The molecule has 0 unspecified atom stereocenters. The molecule has 0 aliphatic heterocycles. The number of carbonyl (C=O) groups excluding carboxylic acids is 1. The molecule has 4 rings (SSSR count). The Morgan fingerprint density at radius 1 is 1.18 bits per heavy atom. The van der Waals surface area contributed by atoms with Gasteiger partial charge in [0.15, 0.2) is 0 Å². The number of amides is 1. The van der Waals surface area contributed by atoms with Crippen molar-refractivity contribution in [2.75, 3.05) is 20.3 Å². The number of pyridine rings is 1. The number of aromatic nitrogens is 2. The number of alkyl carbamates (subject to hydrolysis) is 1. The molecule has 2 heterocycles. The van der Waals surface area contributed by atoms with E-state index in [1.807, 2.05) is 31.2 Å². The maximum atomic E-state index is 12.1. The SMILES string of the molecule is COc1ccc2c3ccnc(C)c3n(CCNC(=O)OC/C=C/c3ccc([N+](=O)[O-])cc3)c2c1. The van der Waals surface area contributed by atoms with Crippen molar-refractivity contribution >= 4 is 39.7 Å². The average molecular weight is 460 g/mol. The van der Waals surface area contributed by atoms with E-state index in [2.05, 4.69) is 14.9 Å². The molecule has 0 atom stereocenters. The Balaban J connectivity index is 1.36. The topological polar surface area (TPSA) is 109 Å². The van der Waals surface area contributed by atoms with Crippen molar-refractivity contribution in [2.24, 2.45) is 0 Å². The Hall–Kier alpha value is -4.40. The average Bonchev–Trinajstić information content (AvgIpc) is 3.16. The second-order valence-corrected chi connectivity index (χ2v) is 7.60. The van der Waals surface area contributed by atoms with Crippen LogP contribution in [0, 0.1) is 17.0 Å². The van der Waals surface area contributed by atoms with Crippen LogP contribution in [0.2, 0.25) is 0 Å². The minimum absolute atomic E-state index is 0.0282. The summed E-state index contributed by atoms with van der Waals surface area (Å²) in [5, 5.41) is 15.7. The van der Waals surface area contributed by atoms with Gasteiger partial charge in [0.25, 0.3) is 5.69 Å². The van der Waals surface area contributed by atoms with Gasteiger partial charge in [-0.05, 0) is 48.9 Å². The van der Waals surface area contributed by atoms with Crippen LogP contribution in [0.25, 0.3) is 27.9 Å². The first-order chi connectivity index (χ1) is 16.5. The van der Waals surface area contributed by atoms with Crippen molar-refractivity contribution in [1.82, 2.24) is 14.9 Å². The molecule has 9 heteroatoms. The third kappa shape index (κ3) is 4.83. The van der Waals surface area contributed by atoms with Crippen LogP contribution in [-0.4, -0.2) is 40.8 Å². The number of ether oxygens (including phenoxy) is 2. The first-order valence-corrected chi connectivity index (χ1v) is 10.7. The minimum atomic E-state index is -0.526. The number of rotatable bonds is 8. The molecule has 2 aromatic heterocycles. The maximum absolute atomic E-state index is 12.1. The van der Waals surface area contributed by atoms with E-state index >= 15 is 0 Å². The highest BCUT2D eigenvalue weighted by Gasteiger charge is 2.14. The van der Waals surface area contributed by atoms with Crippen molar-refractivity contribution in [1.29, 1.82) is 0 Å². The zero-order valence-electron chi connectivity index (χ0n) is 18.9. The first-order valence-electron chi connectivity index (χ1n) is 10.7. The lowest BCUT2D eigenvalue weighted by Crippen LogP contribution is -2.28. The van der Waals surface area contributed by atoms with Gasteiger partial charge in [0.05, 0.1) is 28.8 Å². The molecule has 0 saturated carbocycles. The third-order valence-electron chi connectivity index (χ3n) is 5.49. The molecular weight excluding hydrogens is 436 g/mol. The van der Waals surface area contributed by atoms with Crippen LogP contribution in [0.3, 0.4) is 0 Å². The van der Waals surface area contributed by atoms with E-state index in [1.165, 1.54) is 12.1 Å². The Bertz CT molecular complexity index is 1380. The van der Waals surface area contributed by atoms with Crippen LogP contribution in [0.1, 0.15) is 11.3 Å². The zero-order chi connectivity index (χ0) is 24.1. The number of nitro benzene ring substituents is 1.